The number of hydrogen-bond acceptors (Lipinski definition) is 4. The first-order chi connectivity index (χ1) is 12.2. The van der Waals surface area contributed by atoms with Crippen molar-refractivity contribution in [3.63, 3.8) is 0 Å². The Morgan fingerprint density at radius 1 is 1.16 bits per heavy atom. The van der Waals surface area contributed by atoms with Crippen LogP contribution in [0.25, 0.3) is 0 Å². The maximum Gasteiger partial charge on any atom is 0.328 e. The number of fused-ring (bicyclic) bond motifs is 2. The van der Waals surface area contributed by atoms with Crippen LogP contribution in [0.4, 0.5) is 0 Å². The molecule has 1 aromatic rings. The molecule has 3 heterocycles. The number of hydrogen-bond donors (Lipinski definition) is 0. The Balaban J connectivity index is 1.56. The highest BCUT2D eigenvalue weighted by molar-refractivity contribution is 5.87. The van der Waals surface area contributed by atoms with Gasteiger partial charge in [0, 0.05) is 25.6 Å². The molecule has 3 atom stereocenters. The standard InChI is InChI=1S/C20H26N2O3/c1-25-20(24)18-11-14-6-2-3-7-15(14)13-22(18)19(23)16-10-17-8-4-5-9-21(17)12-16/h2-3,6-7,16-18H,4-5,8-13H2,1H3/t16-,17-,18-/m0/s1. The molecule has 0 radical (unpaired) electrons. The molecule has 0 N–H and O–H groups in total. The van der Waals surface area contributed by atoms with Crippen molar-refractivity contribution in [2.45, 2.75) is 50.7 Å². The molecule has 0 bridgehead atoms. The van der Waals surface area contributed by atoms with E-state index < -0.39 is 6.04 Å². The molecule has 1 aromatic carbocycles. The van der Waals surface area contributed by atoms with Crippen molar-refractivity contribution in [1.82, 2.24) is 9.80 Å². The third-order valence-corrected chi connectivity index (χ3v) is 6.11. The molecule has 1 amide bonds. The summed E-state index contributed by atoms with van der Waals surface area (Å²) in [5, 5.41) is 0. The maximum absolute atomic E-state index is 13.3. The summed E-state index contributed by atoms with van der Waals surface area (Å²) in [6.45, 7) is 2.46. The number of methoxy groups -OCH3 is 1. The Hall–Kier alpha value is -1.88. The van der Waals surface area contributed by atoms with Crippen LogP contribution in [0, 0.1) is 5.92 Å². The average Bonchev–Trinajstić information content (AvgIpc) is 3.10. The minimum absolute atomic E-state index is 0.0144. The summed E-state index contributed by atoms with van der Waals surface area (Å²) in [7, 11) is 1.40. The van der Waals surface area contributed by atoms with E-state index in [1.807, 2.05) is 18.2 Å². The number of nitrogens with zero attached hydrogens (tertiary/aromatic N) is 2. The van der Waals surface area contributed by atoms with E-state index in [1.165, 1.54) is 26.4 Å². The minimum Gasteiger partial charge on any atom is -0.467 e. The molecule has 4 rings (SSSR count). The average molecular weight is 342 g/mol. The molecule has 134 valence electrons. The van der Waals surface area contributed by atoms with Gasteiger partial charge in [-0.05, 0) is 36.9 Å². The van der Waals surface area contributed by atoms with Gasteiger partial charge in [-0.15, -0.1) is 0 Å². The van der Waals surface area contributed by atoms with Crippen LogP contribution in [-0.4, -0.2) is 54.0 Å². The fourth-order valence-electron chi connectivity index (χ4n) is 4.77. The Labute approximate surface area is 148 Å². The second-order valence-electron chi connectivity index (χ2n) is 7.56. The molecule has 2 fully saturated rings. The summed E-state index contributed by atoms with van der Waals surface area (Å²) in [6, 6.07) is 8.14. The number of piperidine rings is 1. The molecule has 2 saturated heterocycles. The van der Waals surface area contributed by atoms with E-state index in [4.69, 9.17) is 4.74 Å². The highest BCUT2D eigenvalue weighted by Gasteiger charge is 2.43. The first-order valence-electron chi connectivity index (χ1n) is 9.36. The van der Waals surface area contributed by atoms with Crippen LogP contribution in [0.1, 0.15) is 36.8 Å². The molecule has 0 spiro atoms. The van der Waals surface area contributed by atoms with Gasteiger partial charge in [-0.2, -0.15) is 0 Å². The van der Waals surface area contributed by atoms with Crippen molar-refractivity contribution in [3.8, 4) is 0 Å². The highest BCUT2D eigenvalue weighted by atomic mass is 16.5. The minimum atomic E-state index is -0.495. The van der Waals surface area contributed by atoms with E-state index in [9.17, 15) is 9.59 Å². The molecule has 0 aliphatic carbocycles. The lowest BCUT2D eigenvalue weighted by molar-refractivity contribution is -0.155. The first kappa shape index (κ1) is 16.6. The fraction of sp³-hybridized carbons (Fsp3) is 0.600. The third-order valence-electron chi connectivity index (χ3n) is 6.11. The summed E-state index contributed by atoms with van der Waals surface area (Å²) >= 11 is 0. The second kappa shape index (κ2) is 6.79. The number of rotatable bonds is 2. The van der Waals surface area contributed by atoms with Gasteiger partial charge in [0.25, 0.3) is 0 Å². The molecular weight excluding hydrogens is 316 g/mol. The van der Waals surface area contributed by atoms with E-state index in [0.29, 0.717) is 19.0 Å². The highest BCUT2D eigenvalue weighted by Crippen LogP contribution is 2.33. The van der Waals surface area contributed by atoms with Crippen molar-refractivity contribution in [2.24, 2.45) is 5.92 Å². The third kappa shape index (κ3) is 3.06. The zero-order chi connectivity index (χ0) is 17.4. The van der Waals surface area contributed by atoms with E-state index in [0.717, 1.165) is 30.6 Å². The van der Waals surface area contributed by atoms with Crippen LogP contribution in [0.2, 0.25) is 0 Å². The van der Waals surface area contributed by atoms with Crippen LogP contribution in [-0.2, 0) is 27.3 Å². The van der Waals surface area contributed by atoms with Gasteiger partial charge in [0.2, 0.25) is 5.91 Å². The fourth-order valence-corrected chi connectivity index (χ4v) is 4.77. The predicted molar refractivity (Wildman–Crippen MR) is 93.8 cm³/mol. The lowest BCUT2D eigenvalue weighted by Gasteiger charge is -2.36. The monoisotopic (exact) mass is 342 g/mol. The van der Waals surface area contributed by atoms with Crippen molar-refractivity contribution in [3.05, 3.63) is 35.4 Å². The lowest BCUT2D eigenvalue weighted by Crippen LogP contribution is -2.51. The van der Waals surface area contributed by atoms with E-state index in [2.05, 4.69) is 11.0 Å². The molecule has 5 nitrogen and oxygen atoms in total. The number of esters is 1. The summed E-state index contributed by atoms with van der Waals surface area (Å²) in [5.74, 6) is -0.168. The first-order valence-corrected chi connectivity index (χ1v) is 9.36. The van der Waals surface area contributed by atoms with Crippen LogP contribution < -0.4 is 0 Å². The van der Waals surface area contributed by atoms with Crippen molar-refractivity contribution in [1.29, 1.82) is 0 Å². The lowest BCUT2D eigenvalue weighted by atomic mass is 9.91. The smallest absolute Gasteiger partial charge is 0.328 e. The summed E-state index contributed by atoms with van der Waals surface area (Å²) in [6.07, 6.45) is 5.19. The Bertz CT molecular complexity index is 661. The van der Waals surface area contributed by atoms with Gasteiger partial charge in [0.05, 0.1) is 13.0 Å². The van der Waals surface area contributed by atoms with E-state index in [-0.39, 0.29) is 17.8 Å². The largest absolute Gasteiger partial charge is 0.467 e. The molecule has 5 heteroatoms. The normalized spacial score (nSPS) is 29.0. The van der Waals surface area contributed by atoms with Gasteiger partial charge in [-0.25, -0.2) is 4.79 Å². The summed E-state index contributed by atoms with van der Waals surface area (Å²) < 4.78 is 5.00. The number of carbonyl (C=O) groups is 2. The number of amides is 1. The van der Waals surface area contributed by atoms with Gasteiger partial charge in [0.15, 0.2) is 0 Å². The van der Waals surface area contributed by atoms with Crippen LogP contribution in [0.3, 0.4) is 0 Å². The molecule has 0 aromatic heterocycles. The molecule has 3 aliphatic rings. The quantitative estimate of drug-likeness (QED) is 0.771. The molecular formula is C20H26N2O3. The van der Waals surface area contributed by atoms with Gasteiger partial charge >= 0.3 is 5.97 Å². The Kier molecular flexibility index (Phi) is 4.50. The SMILES string of the molecule is COC(=O)[C@@H]1Cc2ccccc2CN1C(=O)[C@H]1C[C@@H]2CCCCN2C1. The summed E-state index contributed by atoms with van der Waals surface area (Å²) in [5.41, 5.74) is 2.29. The summed E-state index contributed by atoms with van der Waals surface area (Å²) in [4.78, 5) is 29.9. The molecule has 0 unspecified atom stereocenters. The van der Waals surface area contributed by atoms with Crippen molar-refractivity contribution >= 4 is 11.9 Å². The number of ether oxygens (including phenoxy) is 1. The number of carbonyl (C=O) groups excluding carboxylic acids is 2. The molecule has 0 saturated carbocycles. The van der Waals surface area contributed by atoms with Crippen LogP contribution in [0.5, 0.6) is 0 Å². The van der Waals surface area contributed by atoms with Crippen molar-refractivity contribution in [2.75, 3.05) is 20.2 Å². The molecule has 25 heavy (non-hydrogen) atoms. The van der Waals surface area contributed by atoms with Gasteiger partial charge < -0.3 is 9.64 Å². The zero-order valence-electron chi connectivity index (χ0n) is 14.8. The molecule has 3 aliphatic heterocycles. The Morgan fingerprint density at radius 2 is 1.96 bits per heavy atom. The topological polar surface area (TPSA) is 49.9 Å². The van der Waals surface area contributed by atoms with Crippen LogP contribution >= 0.6 is 0 Å². The van der Waals surface area contributed by atoms with E-state index in [1.54, 1.807) is 4.90 Å². The number of benzene rings is 1. The van der Waals surface area contributed by atoms with Crippen molar-refractivity contribution < 1.29 is 14.3 Å². The second-order valence-corrected chi connectivity index (χ2v) is 7.56. The van der Waals surface area contributed by atoms with Gasteiger partial charge in [0.1, 0.15) is 6.04 Å². The Morgan fingerprint density at radius 3 is 2.72 bits per heavy atom. The maximum atomic E-state index is 13.3. The predicted octanol–water partition coefficient (Wildman–Crippen LogP) is 1.99. The van der Waals surface area contributed by atoms with Gasteiger partial charge in [-0.3, -0.25) is 9.69 Å². The van der Waals surface area contributed by atoms with Gasteiger partial charge in [-0.1, -0.05) is 30.7 Å². The van der Waals surface area contributed by atoms with E-state index >= 15 is 0 Å². The zero-order valence-corrected chi connectivity index (χ0v) is 14.8. The van der Waals surface area contributed by atoms with Crippen LogP contribution in [0.15, 0.2) is 24.3 Å².